The van der Waals surface area contributed by atoms with Gasteiger partial charge >= 0.3 is 6.18 Å². The number of hydrogen-bond donors (Lipinski definition) is 0. The summed E-state index contributed by atoms with van der Waals surface area (Å²) >= 11 is 5.48. The molecule has 0 spiro atoms. The fraction of sp³-hybridized carbons (Fsp3) is 0.417. The summed E-state index contributed by atoms with van der Waals surface area (Å²) in [5, 5.41) is 0. The Morgan fingerprint density at radius 3 is 2.47 bits per heavy atom. The molecule has 0 aliphatic heterocycles. The van der Waals surface area contributed by atoms with Crippen LogP contribution in [-0.2, 0) is 6.18 Å². The highest BCUT2D eigenvalue weighted by Gasteiger charge is 2.36. The average molecular weight is 298 g/mol. The van der Waals surface area contributed by atoms with Gasteiger partial charge in [0.15, 0.2) is 0 Å². The van der Waals surface area contributed by atoms with E-state index >= 15 is 0 Å². The molecule has 0 unspecified atom stereocenters. The van der Waals surface area contributed by atoms with Crippen LogP contribution in [0.15, 0.2) is 18.2 Å². The molecule has 0 aliphatic rings. The summed E-state index contributed by atoms with van der Waals surface area (Å²) in [6.45, 7) is 2.02. The summed E-state index contributed by atoms with van der Waals surface area (Å²) < 4.78 is 51.4. The van der Waals surface area contributed by atoms with Crippen LogP contribution >= 0.6 is 11.6 Å². The first kappa shape index (κ1) is 15.8. The molecule has 1 rings (SSSR count). The zero-order valence-electron chi connectivity index (χ0n) is 10.1. The Bertz CT molecular complexity index is 462. The highest BCUT2D eigenvalue weighted by Crippen LogP contribution is 2.32. The van der Waals surface area contributed by atoms with Gasteiger partial charge in [-0.2, -0.15) is 13.2 Å². The molecule has 7 heteroatoms. The number of carbonyl (C=O) groups is 1. The lowest BCUT2D eigenvalue weighted by molar-refractivity contribution is -0.140. The smallest absolute Gasteiger partial charge is 0.338 e. The second-order valence-electron chi connectivity index (χ2n) is 3.74. The second kappa shape index (κ2) is 6.23. The first-order valence-electron chi connectivity index (χ1n) is 5.53. The molecule has 0 radical (unpaired) electrons. The van der Waals surface area contributed by atoms with Crippen molar-refractivity contribution in [2.75, 3.05) is 19.0 Å². The molecular formula is C12H12ClF4NO. The van der Waals surface area contributed by atoms with Crippen molar-refractivity contribution in [2.45, 2.75) is 13.1 Å². The Kier molecular flexibility index (Phi) is 5.17. The maximum Gasteiger partial charge on any atom is 0.419 e. The summed E-state index contributed by atoms with van der Waals surface area (Å²) in [5.74, 6) is -2.22. The molecule has 0 aromatic heterocycles. The number of alkyl halides is 4. The molecule has 0 saturated carbocycles. The van der Waals surface area contributed by atoms with Crippen molar-refractivity contribution >= 4 is 17.5 Å². The third-order valence-corrected chi connectivity index (χ3v) is 2.73. The number of carbonyl (C=O) groups excluding carboxylic acids is 1. The molecule has 106 valence electrons. The minimum absolute atomic E-state index is 0.125. The molecule has 0 atom stereocenters. The fourth-order valence-electron chi connectivity index (χ4n) is 1.59. The van der Waals surface area contributed by atoms with E-state index in [0.29, 0.717) is 6.07 Å². The average Bonchev–Trinajstić information content (AvgIpc) is 2.34. The van der Waals surface area contributed by atoms with E-state index in [1.54, 1.807) is 6.92 Å². The van der Waals surface area contributed by atoms with Gasteiger partial charge in [-0.1, -0.05) is 6.07 Å². The highest BCUT2D eigenvalue weighted by atomic mass is 35.5. The van der Waals surface area contributed by atoms with Crippen LogP contribution in [-0.4, -0.2) is 29.8 Å². The molecule has 0 aliphatic carbocycles. The van der Waals surface area contributed by atoms with E-state index in [9.17, 15) is 22.4 Å². The van der Waals surface area contributed by atoms with Gasteiger partial charge in [-0.25, -0.2) is 4.39 Å². The number of rotatable bonds is 4. The summed E-state index contributed by atoms with van der Waals surface area (Å²) in [6, 6.07) is 2.64. The zero-order valence-corrected chi connectivity index (χ0v) is 10.9. The van der Waals surface area contributed by atoms with Crippen LogP contribution in [0.4, 0.5) is 17.6 Å². The minimum Gasteiger partial charge on any atom is -0.338 e. The molecule has 0 N–H and O–H groups in total. The maximum atomic E-state index is 13.8. The molecule has 19 heavy (non-hydrogen) atoms. The Labute approximate surface area is 113 Å². The lowest BCUT2D eigenvalue weighted by Gasteiger charge is -2.20. The van der Waals surface area contributed by atoms with Gasteiger partial charge in [0.1, 0.15) is 5.82 Å². The van der Waals surface area contributed by atoms with Gasteiger partial charge in [-0.05, 0) is 19.1 Å². The van der Waals surface area contributed by atoms with E-state index in [1.807, 2.05) is 0 Å². The van der Waals surface area contributed by atoms with Gasteiger partial charge in [0, 0.05) is 19.0 Å². The number of halogens is 5. The van der Waals surface area contributed by atoms with E-state index in [0.717, 1.165) is 12.1 Å². The quantitative estimate of drug-likeness (QED) is 0.615. The van der Waals surface area contributed by atoms with Gasteiger partial charge < -0.3 is 4.90 Å². The molecule has 1 aromatic rings. The van der Waals surface area contributed by atoms with Crippen LogP contribution in [0.2, 0.25) is 0 Å². The van der Waals surface area contributed by atoms with E-state index in [-0.39, 0.29) is 19.0 Å². The molecule has 0 bridgehead atoms. The van der Waals surface area contributed by atoms with Gasteiger partial charge in [-0.3, -0.25) is 4.79 Å². The highest BCUT2D eigenvalue weighted by molar-refractivity contribution is 6.18. The Hall–Kier alpha value is -1.30. The lowest BCUT2D eigenvalue weighted by Crippen LogP contribution is -2.33. The fourth-order valence-corrected chi connectivity index (χ4v) is 1.80. The van der Waals surface area contributed by atoms with E-state index < -0.39 is 29.0 Å². The zero-order chi connectivity index (χ0) is 14.6. The van der Waals surface area contributed by atoms with Crippen molar-refractivity contribution in [1.29, 1.82) is 0 Å². The van der Waals surface area contributed by atoms with Gasteiger partial charge in [0.25, 0.3) is 5.91 Å². The Morgan fingerprint density at radius 2 is 2.00 bits per heavy atom. The predicted molar refractivity (Wildman–Crippen MR) is 63.7 cm³/mol. The van der Waals surface area contributed by atoms with Crippen LogP contribution in [0.1, 0.15) is 22.8 Å². The largest absolute Gasteiger partial charge is 0.419 e. The monoisotopic (exact) mass is 297 g/mol. The summed E-state index contributed by atoms with van der Waals surface area (Å²) in [6.07, 6.45) is -4.83. The van der Waals surface area contributed by atoms with Crippen LogP contribution in [0.25, 0.3) is 0 Å². The third-order valence-electron chi connectivity index (χ3n) is 2.56. The van der Waals surface area contributed by atoms with Crippen molar-refractivity contribution in [2.24, 2.45) is 0 Å². The van der Waals surface area contributed by atoms with E-state index in [1.165, 1.54) is 4.90 Å². The molecule has 0 saturated heterocycles. The van der Waals surface area contributed by atoms with Crippen molar-refractivity contribution in [3.8, 4) is 0 Å². The Morgan fingerprint density at radius 1 is 1.37 bits per heavy atom. The molecule has 0 heterocycles. The Balaban J connectivity index is 3.18. The standard InChI is InChI=1S/C12H12ClF4NO/c1-2-18(7-6-13)11(19)8-4-3-5-9(10(8)14)12(15,16)17/h3-5H,2,6-7H2,1H3. The lowest BCUT2D eigenvalue weighted by atomic mass is 10.1. The van der Waals surface area contributed by atoms with E-state index in [4.69, 9.17) is 11.6 Å². The summed E-state index contributed by atoms with van der Waals surface area (Å²) in [4.78, 5) is 13.1. The molecule has 0 fully saturated rings. The topological polar surface area (TPSA) is 20.3 Å². The number of benzene rings is 1. The van der Waals surface area contributed by atoms with Crippen molar-refractivity contribution in [3.63, 3.8) is 0 Å². The van der Waals surface area contributed by atoms with Crippen molar-refractivity contribution in [3.05, 3.63) is 35.1 Å². The molecule has 1 amide bonds. The number of hydrogen-bond acceptors (Lipinski definition) is 1. The van der Waals surface area contributed by atoms with Gasteiger partial charge in [-0.15, -0.1) is 11.6 Å². The SMILES string of the molecule is CCN(CCCl)C(=O)c1cccc(C(F)(F)F)c1F. The second-order valence-corrected chi connectivity index (χ2v) is 4.12. The van der Waals surface area contributed by atoms with Crippen LogP contribution in [0, 0.1) is 5.82 Å². The van der Waals surface area contributed by atoms with Gasteiger partial charge in [0.2, 0.25) is 0 Å². The normalized spacial score (nSPS) is 11.5. The van der Waals surface area contributed by atoms with Crippen LogP contribution in [0.5, 0.6) is 0 Å². The first-order valence-corrected chi connectivity index (χ1v) is 6.07. The number of nitrogens with zero attached hydrogens (tertiary/aromatic N) is 1. The van der Waals surface area contributed by atoms with E-state index in [2.05, 4.69) is 0 Å². The maximum absolute atomic E-state index is 13.8. The minimum atomic E-state index is -4.83. The molecule has 1 aromatic carbocycles. The van der Waals surface area contributed by atoms with Crippen molar-refractivity contribution in [1.82, 2.24) is 4.90 Å². The first-order chi connectivity index (χ1) is 8.82. The number of amides is 1. The third kappa shape index (κ3) is 3.59. The summed E-state index contributed by atoms with van der Waals surface area (Å²) in [5.41, 5.74) is -2.04. The summed E-state index contributed by atoms with van der Waals surface area (Å²) in [7, 11) is 0. The molecular weight excluding hydrogens is 286 g/mol. The molecule has 2 nitrogen and oxygen atoms in total. The van der Waals surface area contributed by atoms with Crippen molar-refractivity contribution < 1.29 is 22.4 Å². The predicted octanol–water partition coefficient (Wildman–Crippen LogP) is 3.55. The van der Waals surface area contributed by atoms with Crippen LogP contribution in [0.3, 0.4) is 0 Å². The van der Waals surface area contributed by atoms with Gasteiger partial charge in [0.05, 0.1) is 11.1 Å². The van der Waals surface area contributed by atoms with Crippen LogP contribution < -0.4 is 0 Å².